The minimum Gasteiger partial charge on any atom is -0.396 e. The van der Waals surface area contributed by atoms with Crippen molar-refractivity contribution in [3.05, 3.63) is 0 Å². The van der Waals surface area contributed by atoms with Crippen LogP contribution in [0.4, 0.5) is 0 Å². The lowest BCUT2D eigenvalue weighted by molar-refractivity contribution is 0.0870. The summed E-state index contributed by atoms with van der Waals surface area (Å²) in [5.74, 6) is 2.43. The van der Waals surface area contributed by atoms with Crippen LogP contribution in [0.15, 0.2) is 0 Å². The van der Waals surface area contributed by atoms with E-state index in [0.717, 1.165) is 11.8 Å². The number of hydrogen-bond acceptors (Lipinski definition) is 2. The van der Waals surface area contributed by atoms with Crippen LogP contribution in [-0.4, -0.2) is 24.8 Å². The second-order valence-electron chi connectivity index (χ2n) is 6.31. The molecule has 17 heavy (non-hydrogen) atoms. The van der Waals surface area contributed by atoms with Gasteiger partial charge in [0.25, 0.3) is 0 Å². The van der Waals surface area contributed by atoms with Gasteiger partial charge < -0.3 is 10.4 Å². The first kappa shape index (κ1) is 13.6. The Morgan fingerprint density at radius 1 is 1.12 bits per heavy atom. The van der Waals surface area contributed by atoms with Gasteiger partial charge in [-0.2, -0.15) is 0 Å². The zero-order chi connectivity index (χ0) is 11.0. The average molecular weight is 260 g/mol. The molecule has 2 nitrogen and oxygen atoms in total. The van der Waals surface area contributed by atoms with Crippen LogP contribution >= 0.6 is 12.4 Å². The SMILES string of the molecule is Cl.OC[C@@H]1CC2(CCNCC2)C2CCCCC21. The van der Waals surface area contributed by atoms with Gasteiger partial charge in [0.05, 0.1) is 0 Å². The molecule has 3 atom stereocenters. The Labute approximate surface area is 111 Å². The molecule has 0 bridgehead atoms. The molecule has 1 aliphatic heterocycles. The normalized spacial score (nSPS) is 39.7. The van der Waals surface area contributed by atoms with Crippen molar-refractivity contribution in [3.8, 4) is 0 Å². The lowest BCUT2D eigenvalue weighted by Gasteiger charge is -2.42. The lowest BCUT2D eigenvalue weighted by Crippen LogP contribution is -2.40. The number of aliphatic hydroxyl groups excluding tert-OH is 1. The summed E-state index contributed by atoms with van der Waals surface area (Å²) in [6.45, 7) is 2.86. The first-order valence-electron chi connectivity index (χ1n) is 7.17. The zero-order valence-electron chi connectivity index (χ0n) is 10.7. The summed E-state index contributed by atoms with van der Waals surface area (Å²) >= 11 is 0. The maximum Gasteiger partial charge on any atom is 0.0462 e. The second-order valence-corrected chi connectivity index (χ2v) is 6.31. The summed E-state index contributed by atoms with van der Waals surface area (Å²) in [5, 5.41) is 13.1. The molecule has 1 spiro atoms. The van der Waals surface area contributed by atoms with Crippen molar-refractivity contribution >= 4 is 12.4 Å². The van der Waals surface area contributed by atoms with Crippen LogP contribution in [0, 0.1) is 23.2 Å². The van der Waals surface area contributed by atoms with E-state index in [1.807, 2.05) is 0 Å². The van der Waals surface area contributed by atoms with E-state index in [4.69, 9.17) is 0 Å². The van der Waals surface area contributed by atoms with E-state index < -0.39 is 0 Å². The largest absolute Gasteiger partial charge is 0.396 e. The Morgan fingerprint density at radius 2 is 1.82 bits per heavy atom. The molecule has 0 amide bonds. The maximum absolute atomic E-state index is 9.60. The topological polar surface area (TPSA) is 32.3 Å². The smallest absolute Gasteiger partial charge is 0.0462 e. The van der Waals surface area contributed by atoms with Gasteiger partial charge >= 0.3 is 0 Å². The fraction of sp³-hybridized carbons (Fsp3) is 1.00. The molecule has 2 N–H and O–H groups in total. The average Bonchev–Trinajstić information content (AvgIpc) is 2.66. The summed E-state index contributed by atoms with van der Waals surface area (Å²) in [4.78, 5) is 0. The van der Waals surface area contributed by atoms with Crippen molar-refractivity contribution in [2.45, 2.75) is 44.9 Å². The molecule has 0 aromatic rings. The minimum atomic E-state index is 0. The van der Waals surface area contributed by atoms with Gasteiger partial charge in [-0.3, -0.25) is 0 Å². The van der Waals surface area contributed by atoms with E-state index in [0.29, 0.717) is 17.9 Å². The molecule has 2 aliphatic carbocycles. The van der Waals surface area contributed by atoms with Gasteiger partial charge in [-0.1, -0.05) is 12.8 Å². The van der Waals surface area contributed by atoms with Gasteiger partial charge in [0.1, 0.15) is 0 Å². The van der Waals surface area contributed by atoms with Gasteiger partial charge in [-0.25, -0.2) is 0 Å². The molecular formula is C14H26ClNO. The van der Waals surface area contributed by atoms with Crippen molar-refractivity contribution < 1.29 is 5.11 Å². The molecule has 3 fully saturated rings. The van der Waals surface area contributed by atoms with E-state index in [1.54, 1.807) is 0 Å². The van der Waals surface area contributed by atoms with E-state index in [1.165, 1.54) is 58.0 Å². The molecule has 1 heterocycles. The number of piperidine rings is 1. The van der Waals surface area contributed by atoms with E-state index >= 15 is 0 Å². The van der Waals surface area contributed by atoms with E-state index in [2.05, 4.69) is 5.32 Å². The summed E-state index contributed by atoms with van der Waals surface area (Å²) < 4.78 is 0. The molecular weight excluding hydrogens is 234 g/mol. The lowest BCUT2D eigenvalue weighted by atomic mass is 9.65. The number of aliphatic hydroxyl groups is 1. The third-order valence-electron chi connectivity index (χ3n) is 5.71. The summed E-state index contributed by atoms with van der Waals surface area (Å²) in [7, 11) is 0. The van der Waals surface area contributed by atoms with Gasteiger partial charge in [0.15, 0.2) is 0 Å². The van der Waals surface area contributed by atoms with E-state index in [-0.39, 0.29) is 12.4 Å². The molecule has 2 unspecified atom stereocenters. The first-order valence-corrected chi connectivity index (χ1v) is 7.17. The van der Waals surface area contributed by atoms with Crippen LogP contribution < -0.4 is 5.32 Å². The monoisotopic (exact) mass is 259 g/mol. The molecule has 3 heteroatoms. The Balaban J connectivity index is 0.00000108. The molecule has 100 valence electrons. The van der Waals surface area contributed by atoms with Gasteiger partial charge in [0, 0.05) is 6.61 Å². The third-order valence-corrected chi connectivity index (χ3v) is 5.71. The number of rotatable bonds is 1. The molecule has 2 saturated carbocycles. The van der Waals surface area contributed by atoms with E-state index in [9.17, 15) is 5.11 Å². The van der Waals surface area contributed by atoms with Crippen LogP contribution in [0.5, 0.6) is 0 Å². The van der Waals surface area contributed by atoms with Crippen LogP contribution in [0.2, 0.25) is 0 Å². The summed E-state index contributed by atoms with van der Waals surface area (Å²) in [6, 6.07) is 0. The first-order chi connectivity index (χ1) is 7.86. The second kappa shape index (κ2) is 5.46. The standard InChI is InChI=1S/C14H25NO.ClH/c16-10-11-9-14(5-7-15-8-6-14)13-4-2-1-3-12(11)13;/h11-13,15-16H,1-10H2;1H/t11-,12?,13?;/m0./s1. The van der Waals surface area contributed by atoms with Crippen LogP contribution in [0.25, 0.3) is 0 Å². The highest BCUT2D eigenvalue weighted by Gasteiger charge is 2.52. The zero-order valence-corrected chi connectivity index (χ0v) is 11.5. The number of halogens is 1. The highest BCUT2D eigenvalue weighted by molar-refractivity contribution is 5.85. The molecule has 0 radical (unpaired) electrons. The van der Waals surface area contributed by atoms with Crippen LogP contribution in [0.1, 0.15) is 44.9 Å². The van der Waals surface area contributed by atoms with Crippen molar-refractivity contribution in [1.29, 1.82) is 0 Å². The van der Waals surface area contributed by atoms with Gasteiger partial charge in [-0.15, -0.1) is 12.4 Å². The summed E-state index contributed by atoms with van der Waals surface area (Å²) in [6.07, 6.45) is 9.74. The number of hydrogen-bond donors (Lipinski definition) is 2. The van der Waals surface area contributed by atoms with Gasteiger partial charge in [-0.05, 0) is 68.4 Å². The number of fused-ring (bicyclic) bond motifs is 2. The quantitative estimate of drug-likeness (QED) is 0.759. The Bertz CT molecular complexity index is 253. The molecule has 3 rings (SSSR count). The molecule has 0 aromatic heterocycles. The highest BCUT2D eigenvalue weighted by Crippen LogP contribution is 2.59. The van der Waals surface area contributed by atoms with Crippen molar-refractivity contribution in [2.24, 2.45) is 23.2 Å². The van der Waals surface area contributed by atoms with Crippen molar-refractivity contribution in [3.63, 3.8) is 0 Å². The third kappa shape index (κ3) is 2.24. The molecule has 0 aromatic carbocycles. The maximum atomic E-state index is 9.60. The fourth-order valence-corrected chi connectivity index (χ4v) is 5.01. The molecule has 1 saturated heterocycles. The summed E-state index contributed by atoms with van der Waals surface area (Å²) in [5.41, 5.74) is 0.615. The van der Waals surface area contributed by atoms with Crippen molar-refractivity contribution in [2.75, 3.05) is 19.7 Å². The predicted molar refractivity (Wildman–Crippen MR) is 72.4 cm³/mol. The van der Waals surface area contributed by atoms with Crippen LogP contribution in [0.3, 0.4) is 0 Å². The van der Waals surface area contributed by atoms with Crippen LogP contribution in [-0.2, 0) is 0 Å². The minimum absolute atomic E-state index is 0. The molecule has 3 aliphatic rings. The number of nitrogens with one attached hydrogen (secondary N) is 1. The fourth-order valence-electron chi connectivity index (χ4n) is 5.01. The predicted octanol–water partition coefficient (Wildman–Crippen LogP) is 2.60. The Hall–Kier alpha value is 0.210. The van der Waals surface area contributed by atoms with Crippen molar-refractivity contribution in [1.82, 2.24) is 5.32 Å². The highest BCUT2D eigenvalue weighted by atomic mass is 35.5. The Kier molecular flexibility index (Phi) is 4.38. The van der Waals surface area contributed by atoms with Gasteiger partial charge in [0.2, 0.25) is 0 Å². The Morgan fingerprint density at radius 3 is 2.53 bits per heavy atom.